The third kappa shape index (κ3) is 21.3. The number of hydrogen-bond acceptors (Lipinski definition) is 2. The minimum absolute atomic E-state index is 0.0714. The van der Waals surface area contributed by atoms with Crippen LogP contribution < -0.4 is 0 Å². The fourth-order valence-electron chi connectivity index (χ4n) is 3.23. The van der Waals surface area contributed by atoms with Crippen LogP contribution in [0.15, 0.2) is 12.3 Å². The molecule has 0 aliphatic heterocycles. The number of ether oxygens (including phenoxy) is 1. The third-order valence-corrected chi connectivity index (χ3v) is 5.00. The first-order valence-corrected chi connectivity index (χ1v) is 11.7. The minimum atomic E-state index is -0.0714. The molecule has 2 heteroatoms. The lowest BCUT2D eigenvalue weighted by molar-refractivity contribution is -0.138. The van der Waals surface area contributed by atoms with Crippen LogP contribution in [0, 0.1) is 0 Å². The van der Waals surface area contributed by atoms with Crippen molar-refractivity contribution in [1.82, 2.24) is 0 Å². The van der Waals surface area contributed by atoms with Gasteiger partial charge in [0.2, 0.25) is 0 Å². The smallest absolute Gasteiger partial charge is 0.310 e. The summed E-state index contributed by atoms with van der Waals surface area (Å²) in [6, 6.07) is 0. The number of carbonyl (C=O) groups excluding carboxylic acids is 1. The summed E-state index contributed by atoms with van der Waals surface area (Å²) in [5, 5.41) is 0. The molecule has 0 spiro atoms. The first-order chi connectivity index (χ1) is 12.8. The van der Waals surface area contributed by atoms with Crippen molar-refractivity contribution in [1.29, 1.82) is 0 Å². The molecule has 0 heterocycles. The van der Waals surface area contributed by atoms with E-state index >= 15 is 0 Å². The molecule has 0 aromatic rings. The van der Waals surface area contributed by atoms with E-state index in [-0.39, 0.29) is 5.97 Å². The van der Waals surface area contributed by atoms with Gasteiger partial charge < -0.3 is 4.74 Å². The van der Waals surface area contributed by atoms with E-state index in [2.05, 4.69) is 13.8 Å². The molecule has 0 unspecified atom stereocenters. The molecular formula is C24H46O2. The average Bonchev–Trinajstić information content (AvgIpc) is 2.64. The number of carbonyl (C=O) groups is 1. The normalized spacial score (nSPS) is 11.3. The van der Waals surface area contributed by atoms with Crippen molar-refractivity contribution in [2.45, 2.75) is 136 Å². The lowest BCUT2D eigenvalue weighted by Gasteiger charge is -2.02. The molecule has 2 nitrogen and oxygen atoms in total. The highest BCUT2D eigenvalue weighted by Gasteiger charge is 2.00. The van der Waals surface area contributed by atoms with Gasteiger partial charge in [-0.2, -0.15) is 0 Å². The second kappa shape index (κ2) is 22.3. The van der Waals surface area contributed by atoms with E-state index in [1.807, 2.05) is 6.08 Å². The van der Waals surface area contributed by atoms with E-state index in [0.717, 1.165) is 19.3 Å². The van der Waals surface area contributed by atoms with Crippen molar-refractivity contribution in [3.05, 3.63) is 12.3 Å². The summed E-state index contributed by atoms with van der Waals surface area (Å²) in [6.07, 6.45) is 27.5. The van der Waals surface area contributed by atoms with Crippen LogP contribution in [0.1, 0.15) is 136 Å². The number of allylic oxidation sites excluding steroid dienone is 1. The zero-order valence-corrected chi connectivity index (χ0v) is 17.9. The van der Waals surface area contributed by atoms with Gasteiger partial charge in [0.15, 0.2) is 0 Å². The van der Waals surface area contributed by atoms with Gasteiger partial charge in [-0.25, -0.2) is 0 Å². The predicted molar refractivity (Wildman–Crippen MR) is 114 cm³/mol. The molecule has 0 aliphatic carbocycles. The van der Waals surface area contributed by atoms with Gasteiger partial charge in [-0.1, -0.05) is 110 Å². The van der Waals surface area contributed by atoms with Crippen molar-refractivity contribution >= 4 is 5.97 Å². The van der Waals surface area contributed by atoms with E-state index in [0.29, 0.717) is 6.42 Å². The summed E-state index contributed by atoms with van der Waals surface area (Å²) < 4.78 is 5.16. The monoisotopic (exact) mass is 366 g/mol. The summed E-state index contributed by atoms with van der Waals surface area (Å²) in [5.74, 6) is -0.0714. The Bertz CT molecular complexity index is 309. The molecule has 0 radical (unpaired) electrons. The van der Waals surface area contributed by atoms with E-state index < -0.39 is 0 Å². The van der Waals surface area contributed by atoms with Crippen LogP contribution in [0.25, 0.3) is 0 Å². The molecule has 0 atom stereocenters. The Morgan fingerprint density at radius 1 is 0.615 bits per heavy atom. The van der Waals surface area contributed by atoms with Gasteiger partial charge in [0.1, 0.15) is 0 Å². The van der Waals surface area contributed by atoms with Crippen molar-refractivity contribution in [3.8, 4) is 0 Å². The zero-order valence-electron chi connectivity index (χ0n) is 17.9. The molecule has 0 aliphatic rings. The van der Waals surface area contributed by atoms with Crippen LogP contribution >= 0.6 is 0 Å². The summed E-state index contributed by atoms with van der Waals surface area (Å²) >= 11 is 0. The Balaban J connectivity index is 3.23. The Kier molecular flexibility index (Phi) is 21.6. The number of rotatable bonds is 20. The second-order valence-electron chi connectivity index (χ2n) is 7.70. The van der Waals surface area contributed by atoms with Crippen LogP contribution in [-0.4, -0.2) is 5.97 Å². The van der Waals surface area contributed by atoms with Gasteiger partial charge in [0.05, 0.1) is 6.26 Å². The quantitative estimate of drug-likeness (QED) is 0.123. The molecule has 0 bridgehead atoms. The van der Waals surface area contributed by atoms with Gasteiger partial charge in [-0.15, -0.1) is 0 Å². The number of hydrogen-bond donors (Lipinski definition) is 0. The van der Waals surface area contributed by atoms with Crippen molar-refractivity contribution < 1.29 is 9.53 Å². The third-order valence-electron chi connectivity index (χ3n) is 5.00. The lowest BCUT2D eigenvalue weighted by atomic mass is 10.1. The van der Waals surface area contributed by atoms with Crippen molar-refractivity contribution in [2.24, 2.45) is 0 Å². The van der Waals surface area contributed by atoms with Crippen LogP contribution in [0.5, 0.6) is 0 Å². The van der Waals surface area contributed by atoms with Crippen LogP contribution in [0.2, 0.25) is 0 Å². The molecule has 154 valence electrons. The Morgan fingerprint density at radius 2 is 1.04 bits per heavy atom. The van der Waals surface area contributed by atoms with Crippen LogP contribution in [-0.2, 0) is 9.53 Å². The van der Waals surface area contributed by atoms with Crippen molar-refractivity contribution in [2.75, 3.05) is 0 Å². The Morgan fingerprint density at radius 3 is 1.54 bits per heavy atom. The molecule has 26 heavy (non-hydrogen) atoms. The summed E-state index contributed by atoms with van der Waals surface area (Å²) in [5.41, 5.74) is 0. The van der Waals surface area contributed by atoms with Gasteiger partial charge in [-0.05, 0) is 25.3 Å². The SMILES string of the molecule is CCCCCCCCCCCCC=COC(=O)CCCCCCCCC. The van der Waals surface area contributed by atoms with Crippen molar-refractivity contribution in [3.63, 3.8) is 0 Å². The van der Waals surface area contributed by atoms with Gasteiger partial charge in [0.25, 0.3) is 0 Å². The standard InChI is InChI=1S/C24H46O2/c1-3-5-7-9-11-12-13-14-15-17-19-21-23-26-24(25)22-20-18-16-10-8-6-4-2/h21,23H,3-20,22H2,1-2H3. The molecule has 0 N–H and O–H groups in total. The average molecular weight is 367 g/mol. The predicted octanol–water partition coefficient (Wildman–Crippen LogP) is 8.50. The molecule has 0 fully saturated rings. The highest BCUT2D eigenvalue weighted by molar-refractivity contribution is 5.69. The van der Waals surface area contributed by atoms with E-state index in [1.165, 1.54) is 96.3 Å². The highest BCUT2D eigenvalue weighted by Crippen LogP contribution is 2.12. The molecular weight excluding hydrogens is 320 g/mol. The summed E-state index contributed by atoms with van der Waals surface area (Å²) in [4.78, 5) is 11.6. The summed E-state index contributed by atoms with van der Waals surface area (Å²) in [7, 11) is 0. The van der Waals surface area contributed by atoms with E-state index in [9.17, 15) is 4.79 Å². The lowest BCUT2D eigenvalue weighted by Crippen LogP contribution is -1.98. The van der Waals surface area contributed by atoms with Crippen LogP contribution in [0.4, 0.5) is 0 Å². The van der Waals surface area contributed by atoms with E-state index in [4.69, 9.17) is 4.74 Å². The maximum absolute atomic E-state index is 11.6. The Hall–Kier alpha value is -0.790. The second-order valence-corrected chi connectivity index (χ2v) is 7.70. The molecule has 0 amide bonds. The zero-order chi connectivity index (χ0) is 19.1. The highest BCUT2D eigenvalue weighted by atomic mass is 16.5. The molecule has 0 aromatic carbocycles. The Labute approximate surface area is 164 Å². The van der Waals surface area contributed by atoms with Crippen LogP contribution in [0.3, 0.4) is 0 Å². The van der Waals surface area contributed by atoms with Gasteiger partial charge in [-0.3, -0.25) is 4.79 Å². The molecule has 0 aromatic heterocycles. The fourth-order valence-corrected chi connectivity index (χ4v) is 3.23. The van der Waals surface area contributed by atoms with Gasteiger partial charge >= 0.3 is 5.97 Å². The summed E-state index contributed by atoms with van der Waals surface area (Å²) in [6.45, 7) is 4.51. The topological polar surface area (TPSA) is 26.3 Å². The first kappa shape index (κ1) is 25.2. The molecule has 0 rings (SSSR count). The van der Waals surface area contributed by atoms with Gasteiger partial charge in [0, 0.05) is 6.42 Å². The maximum atomic E-state index is 11.6. The number of esters is 1. The fraction of sp³-hybridized carbons (Fsp3) is 0.875. The largest absolute Gasteiger partial charge is 0.435 e. The molecule has 0 saturated carbocycles. The maximum Gasteiger partial charge on any atom is 0.310 e. The molecule has 0 saturated heterocycles. The van der Waals surface area contributed by atoms with E-state index in [1.54, 1.807) is 6.26 Å². The minimum Gasteiger partial charge on any atom is -0.435 e. The number of unbranched alkanes of at least 4 members (excludes halogenated alkanes) is 16. The first-order valence-electron chi connectivity index (χ1n) is 11.7.